The van der Waals surface area contributed by atoms with Crippen LogP contribution < -0.4 is 0 Å². The predicted octanol–water partition coefficient (Wildman–Crippen LogP) is 3.51. The van der Waals surface area contributed by atoms with Gasteiger partial charge in [-0.1, -0.05) is 6.07 Å². The van der Waals surface area contributed by atoms with E-state index in [4.69, 9.17) is 0 Å². The first kappa shape index (κ1) is 17.7. The van der Waals surface area contributed by atoms with Crippen LogP contribution in [0.25, 0.3) is 16.8 Å². The number of halogens is 3. The third-order valence-corrected chi connectivity index (χ3v) is 5.18. The third-order valence-electron chi connectivity index (χ3n) is 5.18. The molecule has 0 spiro atoms. The summed E-state index contributed by atoms with van der Waals surface area (Å²) in [5, 5.41) is 18.1. The van der Waals surface area contributed by atoms with E-state index in [0.717, 1.165) is 48.6 Å². The van der Waals surface area contributed by atoms with Crippen molar-refractivity contribution >= 4 is 0 Å². The molecule has 1 atom stereocenters. The highest BCUT2D eigenvalue weighted by molar-refractivity contribution is 5.70. The van der Waals surface area contributed by atoms with E-state index in [9.17, 15) is 18.3 Å². The van der Waals surface area contributed by atoms with Crippen molar-refractivity contribution in [3.8, 4) is 16.8 Å². The fraction of sp³-hybridized carbons (Fsp3) is 0.316. The second-order valence-corrected chi connectivity index (χ2v) is 6.89. The number of pyridine rings is 1. The van der Waals surface area contributed by atoms with Crippen LogP contribution in [0.2, 0.25) is 0 Å². The van der Waals surface area contributed by atoms with Crippen LogP contribution in [0, 0.1) is 6.92 Å². The van der Waals surface area contributed by atoms with Gasteiger partial charge < -0.3 is 5.11 Å². The number of rotatable bonds is 2. The Balaban J connectivity index is 1.81. The highest BCUT2D eigenvalue weighted by Gasteiger charge is 2.52. The molecule has 2 aromatic heterocycles. The number of fused-ring (bicyclic) bond motifs is 3. The van der Waals surface area contributed by atoms with E-state index < -0.39 is 11.8 Å². The van der Waals surface area contributed by atoms with Crippen LogP contribution in [0.15, 0.2) is 36.9 Å². The van der Waals surface area contributed by atoms with Gasteiger partial charge in [-0.25, -0.2) is 0 Å². The highest BCUT2D eigenvalue weighted by Crippen LogP contribution is 2.41. The highest BCUT2D eigenvalue weighted by atomic mass is 19.4. The SMILES string of the molecule is Cc1c(-c2ccc3c(c2)CCc2nncn2-3)cncc1C(C)(O)C(F)(F)F. The molecular weight excluding hydrogens is 357 g/mol. The summed E-state index contributed by atoms with van der Waals surface area (Å²) in [4.78, 5) is 3.96. The molecule has 0 saturated heterocycles. The van der Waals surface area contributed by atoms with Crippen molar-refractivity contribution in [3.05, 3.63) is 59.4 Å². The Morgan fingerprint density at radius 2 is 1.93 bits per heavy atom. The topological polar surface area (TPSA) is 63.8 Å². The van der Waals surface area contributed by atoms with Gasteiger partial charge in [0.15, 0.2) is 5.60 Å². The average Bonchev–Trinajstić information content (AvgIpc) is 3.09. The number of aliphatic hydroxyl groups is 1. The van der Waals surface area contributed by atoms with E-state index in [2.05, 4.69) is 15.2 Å². The minimum Gasteiger partial charge on any atom is -0.376 e. The number of aromatic nitrogens is 4. The fourth-order valence-electron chi connectivity index (χ4n) is 3.53. The lowest BCUT2D eigenvalue weighted by Crippen LogP contribution is -2.40. The predicted molar refractivity (Wildman–Crippen MR) is 92.4 cm³/mol. The Morgan fingerprint density at radius 1 is 1.15 bits per heavy atom. The quantitative estimate of drug-likeness (QED) is 0.746. The Morgan fingerprint density at radius 3 is 2.67 bits per heavy atom. The number of benzene rings is 1. The molecule has 0 radical (unpaired) electrons. The molecule has 3 aromatic rings. The van der Waals surface area contributed by atoms with Gasteiger partial charge in [0.2, 0.25) is 0 Å². The molecule has 0 bridgehead atoms. The number of nitrogens with zero attached hydrogens (tertiary/aromatic N) is 4. The summed E-state index contributed by atoms with van der Waals surface area (Å²) in [7, 11) is 0. The maximum absolute atomic E-state index is 13.3. The maximum atomic E-state index is 13.3. The Bertz CT molecular complexity index is 1020. The molecule has 8 heteroatoms. The molecule has 1 aliphatic heterocycles. The van der Waals surface area contributed by atoms with Crippen molar-refractivity contribution in [2.75, 3.05) is 0 Å². The van der Waals surface area contributed by atoms with E-state index in [0.29, 0.717) is 11.1 Å². The normalized spacial score (nSPS) is 15.8. The molecule has 0 saturated carbocycles. The maximum Gasteiger partial charge on any atom is 0.421 e. The first-order chi connectivity index (χ1) is 12.7. The van der Waals surface area contributed by atoms with Gasteiger partial charge in [-0.15, -0.1) is 10.2 Å². The summed E-state index contributed by atoms with van der Waals surface area (Å²) >= 11 is 0. The molecular formula is C19H17F3N4O. The summed E-state index contributed by atoms with van der Waals surface area (Å²) in [6.07, 6.45) is 0.985. The molecule has 3 heterocycles. The van der Waals surface area contributed by atoms with E-state index >= 15 is 0 Å². The van der Waals surface area contributed by atoms with Gasteiger partial charge in [0.05, 0.1) is 5.69 Å². The van der Waals surface area contributed by atoms with Crippen LogP contribution in [-0.4, -0.2) is 31.0 Å². The van der Waals surface area contributed by atoms with Crippen molar-refractivity contribution < 1.29 is 18.3 Å². The van der Waals surface area contributed by atoms with Gasteiger partial charge in [0.1, 0.15) is 12.2 Å². The zero-order valence-electron chi connectivity index (χ0n) is 14.7. The van der Waals surface area contributed by atoms with Crippen molar-refractivity contribution in [3.63, 3.8) is 0 Å². The van der Waals surface area contributed by atoms with Gasteiger partial charge in [0, 0.05) is 29.9 Å². The van der Waals surface area contributed by atoms with Crippen molar-refractivity contribution in [1.29, 1.82) is 0 Å². The number of alkyl halides is 3. The monoisotopic (exact) mass is 374 g/mol. The number of aryl methyl sites for hydroxylation is 2. The van der Waals surface area contributed by atoms with Crippen LogP contribution in [-0.2, 0) is 18.4 Å². The minimum absolute atomic E-state index is 0.244. The molecule has 4 rings (SSSR count). The first-order valence-electron chi connectivity index (χ1n) is 8.47. The van der Waals surface area contributed by atoms with Crippen LogP contribution in [0.1, 0.15) is 29.4 Å². The minimum atomic E-state index is -4.79. The van der Waals surface area contributed by atoms with Crippen molar-refractivity contribution in [1.82, 2.24) is 19.7 Å². The smallest absolute Gasteiger partial charge is 0.376 e. The largest absolute Gasteiger partial charge is 0.421 e. The molecule has 1 aromatic carbocycles. The summed E-state index contributed by atoms with van der Waals surface area (Å²) in [5.41, 5.74) is 0.496. The Labute approximate surface area is 153 Å². The molecule has 0 amide bonds. The molecule has 0 aliphatic carbocycles. The molecule has 27 heavy (non-hydrogen) atoms. The summed E-state index contributed by atoms with van der Waals surface area (Å²) in [5.74, 6) is 0.885. The Kier molecular flexibility index (Phi) is 3.85. The van der Waals surface area contributed by atoms with Crippen LogP contribution in [0.4, 0.5) is 13.2 Å². The second kappa shape index (κ2) is 5.88. The van der Waals surface area contributed by atoms with Gasteiger partial charge in [-0.05, 0) is 49.1 Å². The van der Waals surface area contributed by atoms with E-state index in [1.54, 1.807) is 13.3 Å². The van der Waals surface area contributed by atoms with E-state index in [1.807, 2.05) is 22.8 Å². The summed E-state index contributed by atoms with van der Waals surface area (Å²) < 4.78 is 41.7. The summed E-state index contributed by atoms with van der Waals surface area (Å²) in [6.45, 7) is 2.32. The lowest BCUT2D eigenvalue weighted by molar-refractivity contribution is -0.259. The van der Waals surface area contributed by atoms with Crippen molar-refractivity contribution in [2.24, 2.45) is 0 Å². The lowest BCUT2D eigenvalue weighted by Gasteiger charge is -2.28. The second-order valence-electron chi connectivity index (χ2n) is 6.89. The van der Waals surface area contributed by atoms with Gasteiger partial charge >= 0.3 is 6.18 Å². The standard InChI is InChI=1S/C19H17F3N4O/c1-11-14(8-23-9-15(11)18(2,27)19(20,21)22)12-3-5-16-13(7-12)4-6-17-25-24-10-26(16)17/h3,5,7-10,27H,4,6H2,1-2H3. The van der Waals surface area contributed by atoms with E-state index in [1.165, 1.54) is 6.20 Å². The zero-order chi connectivity index (χ0) is 19.4. The van der Waals surface area contributed by atoms with Gasteiger partial charge in [-0.3, -0.25) is 9.55 Å². The molecule has 1 N–H and O–H groups in total. The number of hydrogen-bond acceptors (Lipinski definition) is 4. The van der Waals surface area contributed by atoms with Crippen LogP contribution >= 0.6 is 0 Å². The van der Waals surface area contributed by atoms with Gasteiger partial charge in [0.25, 0.3) is 0 Å². The lowest BCUT2D eigenvalue weighted by atomic mass is 9.88. The zero-order valence-corrected chi connectivity index (χ0v) is 14.7. The number of hydrogen-bond donors (Lipinski definition) is 1. The van der Waals surface area contributed by atoms with Crippen molar-refractivity contribution in [2.45, 2.75) is 38.5 Å². The Hall–Kier alpha value is -2.74. The fourth-order valence-corrected chi connectivity index (χ4v) is 3.53. The molecule has 1 unspecified atom stereocenters. The van der Waals surface area contributed by atoms with Crippen LogP contribution in [0.5, 0.6) is 0 Å². The summed E-state index contributed by atoms with van der Waals surface area (Å²) in [6, 6.07) is 5.70. The van der Waals surface area contributed by atoms with Gasteiger partial charge in [-0.2, -0.15) is 13.2 Å². The molecule has 5 nitrogen and oxygen atoms in total. The molecule has 1 aliphatic rings. The molecule has 140 valence electrons. The third kappa shape index (κ3) is 2.71. The molecule has 0 fully saturated rings. The van der Waals surface area contributed by atoms with E-state index in [-0.39, 0.29) is 5.56 Å². The first-order valence-corrected chi connectivity index (χ1v) is 8.47. The van der Waals surface area contributed by atoms with Crippen LogP contribution in [0.3, 0.4) is 0 Å². The average molecular weight is 374 g/mol.